The van der Waals surface area contributed by atoms with E-state index in [9.17, 15) is 15.0 Å². The zero-order chi connectivity index (χ0) is 24.1. The van der Waals surface area contributed by atoms with Gasteiger partial charge in [-0.05, 0) is 49.9 Å². The molecule has 33 heavy (non-hydrogen) atoms. The number of carbonyl (C=O) groups excluding carboxylic acids is 1. The van der Waals surface area contributed by atoms with Gasteiger partial charge in [0.25, 0.3) is 0 Å². The minimum atomic E-state index is -0.433. The minimum absolute atomic E-state index is 0.174. The Balaban J connectivity index is 1.74. The van der Waals surface area contributed by atoms with Crippen LogP contribution in [0.4, 0.5) is 4.79 Å². The van der Waals surface area contributed by atoms with Crippen molar-refractivity contribution >= 4 is 18.3 Å². The van der Waals surface area contributed by atoms with Gasteiger partial charge in [-0.15, -0.1) is 0 Å². The number of aromatic nitrogens is 2. The first-order valence-electron chi connectivity index (χ1n) is 12.0. The lowest BCUT2D eigenvalue weighted by Gasteiger charge is -2.13. The number of benzene rings is 1. The highest BCUT2D eigenvalue weighted by Crippen LogP contribution is 2.23. The second-order valence-corrected chi connectivity index (χ2v) is 8.87. The molecular formula is C25H39N3O4S. The van der Waals surface area contributed by atoms with Gasteiger partial charge >= 0.3 is 6.09 Å². The van der Waals surface area contributed by atoms with Gasteiger partial charge in [-0.1, -0.05) is 62.9 Å². The molecule has 0 aliphatic rings. The van der Waals surface area contributed by atoms with Crippen LogP contribution < -0.4 is 5.32 Å². The molecule has 0 radical (unpaired) electrons. The molecular weight excluding hydrogens is 438 g/mol. The van der Waals surface area contributed by atoms with Crippen molar-refractivity contribution < 1.29 is 19.7 Å². The molecule has 0 bridgehead atoms. The van der Waals surface area contributed by atoms with Crippen molar-refractivity contribution in [2.24, 2.45) is 7.05 Å². The normalized spacial score (nSPS) is 12.0. The summed E-state index contributed by atoms with van der Waals surface area (Å²) in [4.78, 5) is 11.8. The van der Waals surface area contributed by atoms with E-state index in [1.54, 1.807) is 11.6 Å². The van der Waals surface area contributed by atoms with Crippen molar-refractivity contribution in [2.75, 3.05) is 6.54 Å². The van der Waals surface area contributed by atoms with Gasteiger partial charge in [-0.25, -0.2) is 4.79 Å². The lowest BCUT2D eigenvalue weighted by molar-refractivity contribution is 0.139. The molecule has 1 aromatic heterocycles. The third-order valence-electron chi connectivity index (χ3n) is 5.82. The standard InChI is InChI=1S/C25H39N3O4S/c1-3-4-5-9-14-21(29)16-18-28-22(23(30)27(2)25(28)33)15-10-11-17-26-24(31)32-19-20-12-7-6-8-13-20/h6-8,12-13,21,29-30H,3-5,9-11,14-19H2,1-2H3,(H,26,31). The first kappa shape index (κ1) is 26.9. The van der Waals surface area contributed by atoms with E-state index in [0.717, 1.165) is 43.4 Å². The van der Waals surface area contributed by atoms with Crippen molar-refractivity contribution in [1.29, 1.82) is 0 Å². The average Bonchev–Trinajstić information content (AvgIpc) is 3.02. The van der Waals surface area contributed by atoms with Crippen LogP contribution in [0, 0.1) is 4.77 Å². The summed E-state index contributed by atoms with van der Waals surface area (Å²) in [5, 5.41) is 23.6. The summed E-state index contributed by atoms with van der Waals surface area (Å²) in [5.74, 6) is 0.174. The number of unbranched alkanes of at least 4 members (excludes halogenated alkanes) is 4. The summed E-state index contributed by atoms with van der Waals surface area (Å²) in [6, 6.07) is 9.56. The van der Waals surface area contributed by atoms with Crippen molar-refractivity contribution in [3.05, 3.63) is 46.4 Å². The smallest absolute Gasteiger partial charge is 0.407 e. The van der Waals surface area contributed by atoms with Gasteiger partial charge in [-0.3, -0.25) is 4.57 Å². The van der Waals surface area contributed by atoms with Crippen LogP contribution in [-0.4, -0.2) is 38.1 Å². The van der Waals surface area contributed by atoms with E-state index in [1.165, 1.54) is 12.8 Å². The van der Waals surface area contributed by atoms with E-state index < -0.39 is 6.09 Å². The maximum absolute atomic E-state index is 11.8. The number of rotatable bonds is 15. The maximum atomic E-state index is 11.8. The van der Waals surface area contributed by atoms with Gasteiger partial charge in [0.05, 0.1) is 11.8 Å². The fraction of sp³-hybridized carbons (Fsp3) is 0.600. The summed E-state index contributed by atoms with van der Waals surface area (Å²) in [5.41, 5.74) is 1.73. The third kappa shape index (κ3) is 9.21. The van der Waals surface area contributed by atoms with Gasteiger partial charge in [-0.2, -0.15) is 0 Å². The molecule has 0 aliphatic heterocycles. The summed E-state index contributed by atoms with van der Waals surface area (Å²) in [6.45, 7) is 3.51. The van der Waals surface area contributed by atoms with E-state index in [4.69, 9.17) is 17.0 Å². The number of nitrogens with one attached hydrogen (secondary N) is 1. The topological polar surface area (TPSA) is 88.7 Å². The SMILES string of the molecule is CCCCCCC(O)CCn1c(CCCCNC(=O)OCc2ccccc2)c(O)n(C)c1=S. The average molecular weight is 478 g/mol. The van der Waals surface area contributed by atoms with Crippen LogP contribution in [0.15, 0.2) is 30.3 Å². The van der Waals surface area contributed by atoms with Crippen molar-refractivity contribution in [3.63, 3.8) is 0 Å². The highest BCUT2D eigenvalue weighted by molar-refractivity contribution is 7.71. The van der Waals surface area contributed by atoms with Crippen molar-refractivity contribution in [3.8, 4) is 5.88 Å². The van der Waals surface area contributed by atoms with E-state index >= 15 is 0 Å². The number of aliphatic hydroxyl groups excluding tert-OH is 1. The number of hydrogen-bond acceptors (Lipinski definition) is 5. The number of carbonyl (C=O) groups is 1. The Hall–Kier alpha value is -2.32. The number of ether oxygens (including phenoxy) is 1. The number of aliphatic hydroxyl groups is 1. The lowest BCUT2D eigenvalue weighted by Crippen LogP contribution is -2.25. The lowest BCUT2D eigenvalue weighted by atomic mass is 10.1. The zero-order valence-corrected chi connectivity index (χ0v) is 20.8. The fourth-order valence-corrected chi connectivity index (χ4v) is 4.08. The third-order valence-corrected chi connectivity index (χ3v) is 6.31. The minimum Gasteiger partial charge on any atom is -0.493 e. The van der Waals surface area contributed by atoms with Crippen molar-refractivity contribution in [2.45, 2.75) is 84.0 Å². The second-order valence-electron chi connectivity index (χ2n) is 8.50. The molecule has 184 valence electrons. The quantitative estimate of drug-likeness (QED) is 0.241. The molecule has 0 saturated carbocycles. The van der Waals surface area contributed by atoms with Crippen LogP contribution in [0.3, 0.4) is 0 Å². The molecule has 0 spiro atoms. The molecule has 1 atom stereocenters. The highest BCUT2D eigenvalue weighted by atomic mass is 32.1. The monoisotopic (exact) mass is 477 g/mol. The fourth-order valence-electron chi connectivity index (χ4n) is 3.79. The molecule has 0 aliphatic carbocycles. The molecule has 1 unspecified atom stereocenters. The van der Waals surface area contributed by atoms with E-state index in [0.29, 0.717) is 30.7 Å². The molecule has 3 N–H and O–H groups in total. The predicted molar refractivity (Wildman–Crippen MR) is 133 cm³/mol. The number of nitrogens with zero attached hydrogens (tertiary/aromatic N) is 2. The Kier molecular flexibility index (Phi) is 12.0. The Labute approximate surface area is 202 Å². The van der Waals surface area contributed by atoms with Crippen LogP contribution in [0.1, 0.15) is 69.5 Å². The summed E-state index contributed by atoms with van der Waals surface area (Å²) in [6.07, 6.45) is 7.38. The first-order valence-corrected chi connectivity index (χ1v) is 12.4. The van der Waals surface area contributed by atoms with Crippen LogP contribution in [0.25, 0.3) is 0 Å². The molecule has 8 heteroatoms. The Morgan fingerprint density at radius 2 is 1.88 bits per heavy atom. The summed E-state index contributed by atoms with van der Waals surface area (Å²) >= 11 is 5.49. The number of hydrogen-bond donors (Lipinski definition) is 3. The van der Waals surface area contributed by atoms with E-state index in [2.05, 4.69) is 12.2 Å². The highest BCUT2D eigenvalue weighted by Gasteiger charge is 2.16. The number of aromatic hydroxyl groups is 1. The van der Waals surface area contributed by atoms with Crippen molar-refractivity contribution in [1.82, 2.24) is 14.5 Å². The molecule has 0 fully saturated rings. The van der Waals surface area contributed by atoms with E-state index in [1.807, 2.05) is 34.9 Å². The molecule has 2 aromatic rings. The maximum Gasteiger partial charge on any atom is 0.407 e. The number of amides is 1. The predicted octanol–water partition coefficient (Wildman–Crippen LogP) is 5.23. The van der Waals surface area contributed by atoms with Gasteiger partial charge in [0.2, 0.25) is 5.88 Å². The van der Waals surface area contributed by atoms with E-state index in [-0.39, 0.29) is 18.6 Å². The van der Waals surface area contributed by atoms with Gasteiger partial charge < -0.3 is 24.8 Å². The molecule has 0 saturated heterocycles. The van der Waals surface area contributed by atoms with Crippen LogP contribution in [0.5, 0.6) is 5.88 Å². The first-order chi connectivity index (χ1) is 15.9. The van der Waals surface area contributed by atoms with Gasteiger partial charge in [0.1, 0.15) is 6.61 Å². The number of imidazole rings is 1. The molecule has 2 rings (SSSR count). The van der Waals surface area contributed by atoms with Crippen LogP contribution in [0.2, 0.25) is 0 Å². The Morgan fingerprint density at radius 3 is 2.61 bits per heavy atom. The molecule has 1 heterocycles. The second kappa shape index (κ2) is 14.8. The largest absolute Gasteiger partial charge is 0.493 e. The number of alkyl carbamates (subject to hydrolysis) is 1. The Bertz CT molecular complexity index is 895. The Morgan fingerprint density at radius 1 is 1.12 bits per heavy atom. The van der Waals surface area contributed by atoms with Gasteiger partial charge in [0, 0.05) is 20.1 Å². The van der Waals surface area contributed by atoms with Crippen LogP contribution >= 0.6 is 12.2 Å². The molecule has 1 aromatic carbocycles. The van der Waals surface area contributed by atoms with Gasteiger partial charge in [0.15, 0.2) is 4.77 Å². The van der Waals surface area contributed by atoms with Crippen LogP contribution in [-0.2, 0) is 31.4 Å². The summed E-state index contributed by atoms with van der Waals surface area (Å²) in [7, 11) is 1.75. The molecule has 1 amide bonds. The molecule has 7 nitrogen and oxygen atoms in total. The zero-order valence-electron chi connectivity index (χ0n) is 20.0. The summed E-state index contributed by atoms with van der Waals surface area (Å²) < 4.78 is 9.31.